The summed E-state index contributed by atoms with van der Waals surface area (Å²) in [5, 5.41) is 17.7. The van der Waals surface area contributed by atoms with Crippen LogP contribution in [0.4, 0.5) is 0 Å². The normalized spacial score (nSPS) is 15.3. The highest BCUT2D eigenvalue weighted by Crippen LogP contribution is 2.32. The first-order valence-electron chi connectivity index (χ1n) is 9.79. The van der Waals surface area contributed by atoms with Crippen LogP contribution in [-0.4, -0.2) is 31.8 Å². The van der Waals surface area contributed by atoms with Crippen molar-refractivity contribution < 1.29 is 4.79 Å². The summed E-state index contributed by atoms with van der Waals surface area (Å²) in [6.45, 7) is 4.00. The van der Waals surface area contributed by atoms with Crippen molar-refractivity contribution in [2.24, 2.45) is 0 Å². The summed E-state index contributed by atoms with van der Waals surface area (Å²) in [5.41, 5.74) is 4.12. The maximum Gasteiger partial charge on any atom is 0.231 e. The molecule has 2 aromatic heterocycles. The predicted octanol–water partition coefficient (Wildman–Crippen LogP) is 4.06. The second-order valence-electron chi connectivity index (χ2n) is 7.58. The number of imidazole rings is 1. The Morgan fingerprint density at radius 1 is 1.28 bits per heavy atom. The van der Waals surface area contributed by atoms with E-state index in [1.54, 1.807) is 0 Å². The molecule has 1 aliphatic rings. The number of hydrogen-bond donors (Lipinski definition) is 1. The second-order valence-corrected chi connectivity index (χ2v) is 8.52. The molecule has 6 nitrogen and oxygen atoms in total. The number of benzene rings is 1. The lowest BCUT2D eigenvalue weighted by Crippen LogP contribution is -2.45. The van der Waals surface area contributed by atoms with Crippen LogP contribution in [-0.2, 0) is 4.79 Å². The largest absolute Gasteiger partial charge is 0.337 e. The van der Waals surface area contributed by atoms with E-state index >= 15 is 0 Å². The van der Waals surface area contributed by atoms with Crippen molar-refractivity contribution in [1.29, 1.82) is 5.26 Å². The SMILES string of the molecule is Cc1cc(C)c2c(-c3ccccc3)nc(SCC(=O)NC3(C#N)CCCC3)n2n1. The first-order chi connectivity index (χ1) is 14.0. The molecular formula is C22H23N5OS. The quantitative estimate of drug-likeness (QED) is 0.647. The Balaban J connectivity index is 1.62. The number of carbonyl (C=O) groups excluding carboxylic acids is 1. The topological polar surface area (TPSA) is 83.1 Å². The average Bonchev–Trinajstić information content (AvgIpc) is 3.32. The van der Waals surface area contributed by atoms with E-state index in [0.29, 0.717) is 5.16 Å². The fourth-order valence-corrected chi connectivity index (χ4v) is 4.72. The summed E-state index contributed by atoms with van der Waals surface area (Å²) < 4.78 is 1.83. The van der Waals surface area contributed by atoms with E-state index in [4.69, 9.17) is 4.98 Å². The molecule has 1 aliphatic carbocycles. The van der Waals surface area contributed by atoms with Crippen LogP contribution in [0.5, 0.6) is 0 Å². The monoisotopic (exact) mass is 405 g/mol. The summed E-state index contributed by atoms with van der Waals surface area (Å²) in [4.78, 5) is 17.4. The number of amides is 1. The van der Waals surface area contributed by atoms with Gasteiger partial charge in [0.25, 0.3) is 0 Å². The van der Waals surface area contributed by atoms with Crippen molar-refractivity contribution in [3.63, 3.8) is 0 Å². The van der Waals surface area contributed by atoms with Gasteiger partial charge in [-0.3, -0.25) is 4.79 Å². The molecule has 1 amide bonds. The van der Waals surface area contributed by atoms with E-state index in [1.165, 1.54) is 11.8 Å². The minimum atomic E-state index is -0.701. The lowest BCUT2D eigenvalue weighted by atomic mass is 10.0. The standard InChI is InChI=1S/C22H23N5OS/c1-15-12-16(2)26-27-20(15)19(17-8-4-3-5-9-17)24-21(27)29-13-18(28)25-22(14-23)10-6-7-11-22/h3-5,8-9,12H,6-7,10-11,13H2,1-2H3,(H,25,28). The molecule has 0 saturated heterocycles. The Morgan fingerprint density at radius 2 is 2.00 bits per heavy atom. The zero-order valence-corrected chi connectivity index (χ0v) is 17.4. The maximum absolute atomic E-state index is 12.5. The molecule has 0 atom stereocenters. The van der Waals surface area contributed by atoms with Crippen LogP contribution in [0.25, 0.3) is 16.8 Å². The third kappa shape index (κ3) is 3.85. The van der Waals surface area contributed by atoms with E-state index in [-0.39, 0.29) is 11.7 Å². The highest BCUT2D eigenvalue weighted by atomic mass is 32.2. The summed E-state index contributed by atoms with van der Waals surface area (Å²) >= 11 is 1.35. The van der Waals surface area contributed by atoms with Gasteiger partial charge >= 0.3 is 0 Å². The molecule has 3 aromatic rings. The summed E-state index contributed by atoms with van der Waals surface area (Å²) in [7, 11) is 0. The average molecular weight is 406 g/mol. The molecule has 1 N–H and O–H groups in total. The molecule has 0 spiro atoms. The third-order valence-electron chi connectivity index (χ3n) is 5.31. The van der Waals surface area contributed by atoms with Gasteiger partial charge in [0.1, 0.15) is 5.54 Å². The van der Waals surface area contributed by atoms with Crippen molar-refractivity contribution in [2.75, 3.05) is 5.75 Å². The van der Waals surface area contributed by atoms with E-state index in [2.05, 4.69) is 23.4 Å². The third-order valence-corrected chi connectivity index (χ3v) is 6.24. The number of carbonyl (C=O) groups is 1. The van der Waals surface area contributed by atoms with Gasteiger partial charge in [0.05, 0.1) is 28.7 Å². The molecule has 4 rings (SSSR count). The van der Waals surface area contributed by atoms with Gasteiger partial charge < -0.3 is 5.32 Å². The van der Waals surface area contributed by atoms with Crippen molar-refractivity contribution in [3.8, 4) is 17.3 Å². The molecular weight excluding hydrogens is 382 g/mol. The zero-order chi connectivity index (χ0) is 20.4. The number of aryl methyl sites for hydroxylation is 2. The number of nitriles is 1. The number of hydrogen-bond acceptors (Lipinski definition) is 5. The second kappa shape index (κ2) is 7.88. The van der Waals surface area contributed by atoms with Crippen LogP contribution in [0.15, 0.2) is 41.6 Å². The molecule has 7 heteroatoms. The molecule has 1 aromatic carbocycles. The molecule has 0 radical (unpaired) electrons. The number of rotatable bonds is 5. The first-order valence-corrected chi connectivity index (χ1v) is 10.8. The van der Waals surface area contributed by atoms with Crippen molar-refractivity contribution >= 4 is 23.2 Å². The number of aromatic nitrogens is 3. The maximum atomic E-state index is 12.5. The first kappa shape index (κ1) is 19.5. The minimum absolute atomic E-state index is 0.138. The molecule has 2 heterocycles. The molecule has 0 aliphatic heterocycles. The molecule has 1 fully saturated rings. The smallest absolute Gasteiger partial charge is 0.231 e. The van der Waals surface area contributed by atoms with Crippen LogP contribution < -0.4 is 5.32 Å². The number of fused-ring (bicyclic) bond motifs is 1. The Morgan fingerprint density at radius 3 is 2.69 bits per heavy atom. The molecule has 148 valence electrons. The van der Waals surface area contributed by atoms with Crippen LogP contribution in [0.1, 0.15) is 36.9 Å². The molecule has 1 saturated carbocycles. The fraction of sp³-hybridized carbons (Fsp3) is 0.364. The highest BCUT2D eigenvalue weighted by Gasteiger charge is 2.35. The number of nitrogens with zero attached hydrogens (tertiary/aromatic N) is 4. The predicted molar refractivity (Wildman–Crippen MR) is 114 cm³/mol. The van der Waals surface area contributed by atoms with Crippen LogP contribution >= 0.6 is 11.8 Å². The van der Waals surface area contributed by atoms with Gasteiger partial charge in [-0.1, -0.05) is 42.1 Å². The highest BCUT2D eigenvalue weighted by molar-refractivity contribution is 7.99. The lowest BCUT2D eigenvalue weighted by Gasteiger charge is -2.21. The van der Waals surface area contributed by atoms with Crippen molar-refractivity contribution in [2.45, 2.75) is 50.2 Å². The van der Waals surface area contributed by atoms with Gasteiger partial charge in [-0.25, -0.2) is 9.50 Å². The van der Waals surface area contributed by atoms with Crippen LogP contribution in [0, 0.1) is 25.2 Å². The number of thioether (sulfide) groups is 1. The van der Waals surface area contributed by atoms with Gasteiger partial charge in [-0.15, -0.1) is 0 Å². The van der Waals surface area contributed by atoms with Gasteiger partial charge in [0.15, 0.2) is 5.16 Å². The summed E-state index contributed by atoms with van der Waals surface area (Å²) in [5.74, 6) is 0.0617. The minimum Gasteiger partial charge on any atom is -0.337 e. The lowest BCUT2D eigenvalue weighted by molar-refractivity contribution is -0.119. The zero-order valence-electron chi connectivity index (χ0n) is 16.6. The fourth-order valence-electron chi connectivity index (χ4n) is 3.97. The Labute approximate surface area is 174 Å². The van der Waals surface area contributed by atoms with E-state index in [9.17, 15) is 10.1 Å². The van der Waals surface area contributed by atoms with E-state index < -0.39 is 5.54 Å². The Bertz CT molecular complexity index is 1090. The van der Waals surface area contributed by atoms with Gasteiger partial charge in [-0.05, 0) is 51.2 Å². The molecule has 29 heavy (non-hydrogen) atoms. The number of nitrogens with one attached hydrogen (secondary N) is 1. The van der Waals surface area contributed by atoms with Crippen LogP contribution in [0.2, 0.25) is 0 Å². The summed E-state index contributed by atoms with van der Waals surface area (Å²) in [6, 6.07) is 14.4. The van der Waals surface area contributed by atoms with Gasteiger partial charge in [0.2, 0.25) is 5.91 Å². The Kier molecular flexibility index (Phi) is 5.29. The van der Waals surface area contributed by atoms with E-state index in [1.807, 2.05) is 47.8 Å². The molecule has 0 bridgehead atoms. The Hall–Kier alpha value is -2.85. The van der Waals surface area contributed by atoms with E-state index in [0.717, 1.165) is 53.7 Å². The molecule has 0 unspecified atom stereocenters. The van der Waals surface area contributed by atoms with Crippen molar-refractivity contribution in [3.05, 3.63) is 47.7 Å². The van der Waals surface area contributed by atoms with Crippen molar-refractivity contribution in [1.82, 2.24) is 19.9 Å². The summed E-state index contributed by atoms with van der Waals surface area (Å²) in [6.07, 6.45) is 3.41. The van der Waals surface area contributed by atoms with Crippen LogP contribution in [0.3, 0.4) is 0 Å². The van der Waals surface area contributed by atoms with Gasteiger partial charge in [0, 0.05) is 5.56 Å². The van der Waals surface area contributed by atoms with Gasteiger partial charge in [-0.2, -0.15) is 10.4 Å².